The molecule has 0 saturated carbocycles. The SMILES string of the molecule is CCCCCCCCCCCCCCCCCC(=O)C(C[NH2+]CCO)C(=O)CCCCCCCCCCCCCCCCC.COS(=O)(=O)[O-].COS(=O)(=O)[O-].[NH4+]. The number of nitrogens with two attached hydrogens (primary N) is 1. The van der Waals surface area contributed by atoms with Crippen LogP contribution in [0.25, 0.3) is 0 Å². The number of hydrogen-bond donors (Lipinski definition) is 3. The van der Waals surface area contributed by atoms with E-state index in [4.69, 9.17) is 5.11 Å². The number of quaternary nitrogens is 2. The lowest BCUT2D eigenvalue weighted by molar-refractivity contribution is -0.658. The topological polar surface area (TPSA) is 240 Å². The van der Waals surface area contributed by atoms with E-state index in [1.807, 2.05) is 5.32 Å². The zero-order valence-corrected chi connectivity index (χ0v) is 38.9. The van der Waals surface area contributed by atoms with E-state index in [0.717, 1.165) is 39.9 Å². The van der Waals surface area contributed by atoms with E-state index in [9.17, 15) is 35.5 Å². The summed E-state index contributed by atoms with van der Waals surface area (Å²) in [4.78, 5) is 25.9. The molecule has 57 heavy (non-hydrogen) atoms. The highest BCUT2D eigenvalue weighted by atomic mass is 32.3. The van der Waals surface area contributed by atoms with Gasteiger partial charge in [0.05, 0.1) is 33.9 Å². The molecule has 0 saturated heterocycles. The van der Waals surface area contributed by atoms with Crippen molar-refractivity contribution in [3.05, 3.63) is 0 Å². The molecule has 0 amide bonds. The van der Waals surface area contributed by atoms with Crippen LogP contribution in [0.4, 0.5) is 0 Å². The molecular weight excluding hydrogens is 773 g/mol. The Balaban J connectivity index is -0.000000928. The maximum Gasteiger partial charge on any atom is 0.217 e. The summed E-state index contributed by atoms with van der Waals surface area (Å²) < 4.78 is 62.0. The van der Waals surface area contributed by atoms with Gasteiger partial charge in [0.15, 0.2) is 0 Å². The van der Waals surface area contributed by atoms with Crippen LogP contribution in [0.15, 0.2) is 0 Å². The second-order valence-corrected chi connectivity index (χ2v) is 17.4. The molecule has 0 atom stereocenters. The van der Waals surface area contributed by atoms with E-state index < -0.39 is 26.7 Å². The van der Waals surface area contributed by atoms with Gasteiger partial charge in [0.1, 0.15) is 17.5 Å². The highest BCUT2D eigenvalue weighted by Gasteiger charge is 2.26. The highest BCUT2D eigenvalue weighted by molar-refractivity contribution is 7.81. The summed E-state index contributed by atoms with van der Waals surface area (Å²) in [7, 11) is -7.21. The highest BCUT2D eigenvalue weighted by Crippen LogP contribution is 2.17. The number of unbranched alkanes of at least 4 members (excludes halogenated alkanes) is 28. The maximum atomic E-state index is 13.0. The maximum absolute atomic E-state index is 13.0. The molecule has 0 fully saturated rings. The molecule has 346 valence electrons. The van der Waals surface area contributed by atoms with Crippen LogP contribution in [-0.4, -0.2) is 76.5 Å². The fourth-order valence-electron chi connectivity index (χ4n) is 6.51. The number of rotatable bonds is 40. The summed E-state index contributed by atoms with van der Waals surface area (Å²) >= 11 is 0. The molecule has 0 aromatic carbocycles. The zero-order chi connectivity index (χ0) is 42.6. The molecule has 0 unspecified atom stereocenters. The first-order chi connectivity index (χ1) is 26.8. The van der Waals surface area contributed by atoms with Crippen LogP contribution in [0.5, 0.6) is 0 Å². The molecule has 0 aromatic heterocycles. The molecule has 0 aromatic rings. The smallest absolute Gasteiger partial charge is 0.217 e. The summed E-state index contributed by atoms with van der Waals surface area (Å²) in [6.45, 7) is 5.72. The van der Waals surface area contributed by atoms with E-state index >= 15 is 0 Å². The molecule has 0 radical (unpaired) electrons. The summed E-state index contributed by atoms with van der Waals surface area (Å²) in [5.74, 6) is -0.195. The molecule has 7 N–H and O–H groups in total. The Hall–Kier alpha value is -1.04. The van der Waals surface area contributed by atoms with Crippen molar-refractivity contribution in [2.75, 3.05) is 33.9 Å². The van der Waals surface area contributed by atoms with Crippen LogP contribution in [-0.2, 0) is 38.8 Å². The van der Waals surface area contributed by atoms with Crippen molar-refractivity contribution in [1.82, 2.24) is 6.15 Å². The van der Waals surface area contributed by atoms with Gasteiger partial charge >= 0.3 is 0 Å². The predicted octanol–water partition coefficient (Wildman–Crippen LogP) is 9.38. The molecule has 0 spiro atoms. The minimum absolute atomic E-state index is 0. The van der Waals surface area contributed by atoms with Crippen molar-refractivity contribution in [2.24, 2.45) is 5.92 Å². The third kappa shape index (κ3) is 57.1. The van der Waals surface area contributed by atoms with Crippen molar-refractivity contribution >= 4 is 32.4 Å². The number of Topliss-reactive ketones (excluding diaryl/α,β-unsaturated/α-hetero) is 2. The Morgan fingerprint density at radius 1 is 0.491 bits per heavy atom. The summed E-state index contributed by atoms with van der Waals surface area (Å²) in [6.07, 6.45) is 40.6. The fraction of sp³-hybridized carbons (Fsp3) is 0.952. The first-order valence-corrected chi connectivity index (χ1v) is 25.0. The molecule has 15 heteroatoms. The van der Waals surface area contributed by atoms with E-state index in [2.05, 4.69) is 22.2 Å². The molecule has 0 aliphatic carbocycles. The number of aliphatic hydroxyl groups excluding tert-OH is 1. The van der Waals surface area contributed by atoms with Gasteiger partial charge in [-0.15, -0.1) is 0 Å². The molecule has 0 aliphatic rings. The Morgan fingerprint density at radius 2 is 0.702 bits per heavy atom. The van der Waals surface area contributed by atoms with Crippen molar-refractivity contribution in [1.29, 1.82) is 0 Å². The third-order valence-corrected chi connectivity index (χ3v) is 10.8. The van der Waals surface area contributed by atoms with E-state index in [1.54, 1.807) is 0 Å². The van der Waals surface area contributed by atoms with Crippen LogP contribution in [0.1, 0.15) is 219 Å². The quantitative estimate of drug-likeness (QED) is 0.0227. The lowest BCUT2D eigenvalue weighted by Crippen LogP contribution is -2.87. The molecule has 0 rings (SSSR count). The van der Waals surface area contributed by atoms with Crippen LogP contribution in [0.2, 0.25) is 0 Å². The minimum atomic E-state index is -4.41. The van der Waals surface area contributed by atoms with E-state index in [1.165, 1.54) is 167 Å². The second-order valence-electron chi connectivity index (χ2n) is 15.1. The van der Waals surface area contributed by atoms with Gasteiger partial charge in [0, 0.05) is 12.8 Å². The van der Waals surface area contributed by atoms with E-state index in [0.29, 0.717) is 25.9 Å². The van der Waals surface area contributed by atoms with Crippen molar-refractivity contribution < 1.29 is 54.3 Å². The average molecular weight is 863 g/mol. The monoisotopic (exact) mass is 863 g/mol. The van der Waals surface area contributed by atoms with Gasteiger partial charge in [-0.1, -0.05) is 194 Å². The lowest BCUT2D eigenvalue weighted by Gasteiger charge is -2.14. The molecule has 0 aliphatic heterocycles. The van der Waals surface area contributed by atoms with Crippen molar-refractivity contribution in [3.63, 3.8) is 0 Å². The van der Waals surface area contributed by atoms with Crippen LogP contribution < -0.4 is 11.5 Å². The van der Waals surface area contributed by atoms with Gasteiger partial charge in [0.2, 0.25) is 20.8 Å². The van der Waals surface area contributed by atoms with Gasteiger partial charge in [-0.05, 0) is 12.8 Å². The standard InChI is InChI=1S/C40H79NO3.2CH4O4S.H3N/c1-3-5-7-9-11-13-15-17-19-21-23-25-27-29-31-33-39(43)38(37-41-35-36-42)40(44)34-32-30-28-26-24-22-20-18-16-14-12-10-8-6-4-2;2*1-5-6(2,3)4;/h38,41-42H,3-37H2,1-2H3;2*1H3,(H,2,3,4);1H3. The minimum Gasteiger partial charge on any atom is -0.726 e. The Morgan fingerprint density at radius 3 is 0.895 bits per heavy atom. The Kier molecular flexibility index (Phi) is 52.3. The number of carbonyl (C=O) groups is 2. The number of aliphatic hydroxyl groups is 1. The van der Waals surface area contributed by atoms with Crippen molar-refractivity contribution in [3.8, 4) is 0 Å². The van der Waals surface area contributed by atoms with Gasteiger partial charge < -0.3 is 25.7 Å². The van der Waals surface area contributed by atoms with Crippen LogP contribution in [0, 0.1) is 5.92 Å². The zero-order valence-electron chi connectivity index (χ0n) is 37.2. The molecule has 13 nitrogen and oxygen atoms in total. The summed E-state index contributed by atoms with van der Waals surface area (Å²) in [5, 5.41) is 11.1. The van der Waals surface area contributed by atoms with E-state index in [-0.39, 0.29) is 24.3 Å². The number of hydrogen-bond acceptors (Lipinski definition) is 11. The lowest BCUT2D eigenvalue weighted by atomic mass is 9.91. The van der Waals surface area contributed by atoms with Crippen LogP contribution in [0.3, 0.4) is 0 Å². The predicted molar refractivity (Wildman–Crippen MR) is 231 cm³/mol. The van der Waals surface area contributed by atoms with Gasteiger partial charge in [0.25, 0.3) is 0 Å². The van der Waals surface area contributed by atoms with Gasteiger partial charge in [-0.2, -0.15) is 0 Å². The summed E-state index contributed by atoms with van der Waals surface area (Å²) in [5.41, 5.74) is 0. The number of ketones is 2. The van der Waals surface area contributed by atoms with Gasteiger partial charge in [-0.3, -0.25) is 18.0 Å². The number of carbonyl (C=O) groups excluding carboxylic acids is 2. The molecule has 0 bridgehead atoms. The Labute approximate surface area is 350 Å². The molecular formula is C42H90N2O11S2. The average Bonchev–Trinajstić information content (AvgIpc) is 3.16. The Bertz CT molecular complexity index is 984. The van der Waals surface area contributed by atoms with Gasteiger partial charge in [-0.25, -0.2) is 16.8 Å². The second kappa shape index (κ2) is 47.6. The molecule has 0 heterocycles. The fourth-order valence-corrected chi connectivity index (χ4v) is 6.51. The first-order valence-electron chi connectivity index (χ1n) is 22.3. The first kappa shape index (κ1) is 62.6. The third-order valence-electron chi connectivity index (χ3n) is 9.97. The normalized spacial score (nSPS) is 11.4. The van der Waals surface area contributed by atoms with Crippen LogP contribution >= 0.6 is 0 Å². The van der Waals surface area contributed by atoms with Crippen molar-refractivity contribution in [2.45, 2.75) is 219 Å². The summed E-state index contributed by atoms with van der Waals surface area (Å²) in [6, 6.07) is 0. The largest absolute Gasteiger partial charge is 0.726 e.